The van der Waals surface area contributed by atoms with Crippen LogP contribution in [-0.4, -0.2) is 42.4 Å². The molecule has 210 valence electrons. The van der Waals surface area contributed by atoms with E-state index in [-0.39, 0.29) is 17.7 Å². The molecule has 0 bridgehead atoms. The van der Waals surface area contributed by atoms with Crippen LogP contribution in [0.25, 0.3) is 17.4 Å². The van der Waals surface area contributed by atoms with E-state index in [4.69, 9.17) is 18.6 Å². The number of carbonyl (C=O) groups excluding carboxylic acids is 1. The summed E-state index contributed by atoms with van der Waals surface area (Å²) >= 11 is 1.14. The number of aromatic nitrogens is 1. The fourth-order valence-corrected chi connectivity index (χ4v) is 5.75. The molecule has 0 aliphatic carbocycles. The largest absolute Gasteiger partial charge is 0.497 e. The molecule has 3 heterocycles. The summed E-state index contributed by atoms with van der Waals surface area (Å²) in [6.45, 7) is 3.55. The van der Waals surface area contributed by atoms with E-state index in [9.17, 15) is 19.5 Å². The predicted molar refractivity (Wildman–Crippen MR) is 151 cm³/mol. The van der Waals surface area contributed by atoms with Crippen molar-refractivity contribution >= 4 is 29.4 Å². The van der Waals surface area contributed by atoms with Crippen LogP contribution < -0.4 is 24.4 Å². The van der Waals surface area contributed by atoms with Crippen molar-refractivity contribution in [3.05, 3.63) is 102 Å². The Balaban J connectivity index is 1.69. The number of nitrogens with zero attached hydrogens (tertiary/aromatic N) is 2. The summed E-state index contributed by atoms with van der Waals surface area (Å²) in [7, 11) is 3.03. The number of aromatic carboxylic acids is 1. The molecule has 0 radical (unpaired) electrons. The molecule has 41 heavy (non-hydrogen) atoms. The van der Waals surface area contributed by atoms with E-state index >= 15 is 0 Å². The third-order valence-electron chi connectivity index (χ3n) is 6.57. The molecule has 1 atom stereocenters. The van der Waals surface area contributed by atoms with E-state index < -0.39 is 23.5 Å². The van der Waals surface area contributed by atoms with Crippen LogP contribution in [0.3, 0.4) is 0 Å². The molecule has 1 N–H and O–H groups in total. The number of benzene rings is 2. The van der Waals surface area contributed by atoms with Gasteiger partial charge >= 0.3 is 11.9 Å². The smallest absolute Gasteiger partial charge is 0.338 e. The Bertz CT molecular complexity index is 1880. The van der Waals surface area contributed by atoms with E-state index in [0.717, 1.165) is 11.3 Å². The van der Waals surface area contributed by atoms with Crippen molar-refractivity contribution in [2.45, 2.75) is 19.9 Å². The number of carboxylic acids is 1. The molecule has 11 heteroatoms. The Morgan fingerprint density at radius 2 is 1.90 bits per heavy atom. The van der Waals surface area contributed by atoms with E-state index in [0.29, 0.717) is 49.2 Å². The molecule has 2 aromatic carbocycles. The van der Waals surface area contributed by atoms with Gasteiger partial charge in [0.15, 0.2) is 4.80 Å². The normalized spacial score (nSPS) is 14.8. The van der Waals surface area contributed by atoms with Crippen LogP contribution in [0.2, 0.25) is 0 Å². The third kappa shape index (κ3) is 5.07. The molecular formula is C30H26N2O8S. The average molecular weight is 575 g/mol. The lowest BCUT2D eigenvalue weighted by atomic mass is 9.95. The number of rotatable bonds is 8. The summed E-state index contributed by atoms with van der Waals surface area (Å²) in [4.78, 5) is 43.7. The van der Waals surface area contributed by atoms with Crippen molar-refractivity contribution in [3.63, 3.8) is 0 Å². The maximum Gasteiger partial charge on any atom is 0.338 e. The number of carboxylic acid groups (broad SMARTS) is 1. The Morgan fingerprint density at radius 3 is 2.61 bits per heavy atom. The van der Waals surface area contributed by atoms with Crippen LogP contribution in [0.1, 0.15) is 41.6 Å². The van der Waals surface area contributed by atoms with Crippen LogP contribution in [0.4, 0.5) is 0 Å². The van der Waals surface area contributed by atoms with Crippen LogP contribution in [0, 0.1) is 0 Å². The van der Waals surface area contributed by atoms with Gasteiger partial charge in [0.05, 0.1) is 42.2 Å². The summed E-state index contributed by atoms with van der Waals surface area (Å²) in [5.74, 6) is 0.00207. The Morgan fingerprint density at radius 1 is 1.12 bits per heavy atom. The molecule has 4 aromatic rings. The molecule has 1 aliphatic heterocycles. The number of ether oxygens (including phenoxy) is 3. The molecule has 0 fully saturated rings. The fourth-order valence-electron chi connectivity index (χ4n) is 4.73. The molecule has 5 rings (SSSR count). The second-order valence-corrected chi connectivity index (χ2v) is 9.97. The Hall–Kier alpha value is -4.90. The van der Waals surface area contributed by atoms with E-state index in [1.165, 1.54) is 24.9 Å². The molecule has 1 aliphatic rings. The van der Waals surface area contributed by atoms with Gasteiger partial charge in [-0.05, 0) is 50.2 Å². The summed E-state index contributed by atoms with van der Waals surface area (Å²) in [5, 5.41) is 9.55. The molecular weight excluding hydrogens is 548 g/mol. The Labute approximate surface area is 238 Å². The number of methoxy groups -OCH3 is 2. The molecule has 10 nitrogen and oxygen atoms in total. The minimum absolute atomic E-state index is 0.0991. The lowest BCUT2D eigenvalue weighted by molar-refractivity contribution is -0.139. The van der Waals surface area contributed by atoms with Crippen LogP contribution in [-0.2, 0) is 9.53 Å². The van der Waals surface area contributed by atoms with Gasteiger partial charge in [-0.15, -0.1) is 0 Å². The second kappa shape index (κ2) is 11.3. The number of esters is 1. The van der Waals surface area contributed by atoms with Gasteiger partial charge in [0.25, 0.3) is 5.56 Å². The van der Waals surface area contributed by atoms with Gasteiger partial charge in [0.1, 0.15) is 29.1 Å². The van der Waals surface area contributed by atoms with Crippen molar-refractivity contribution in [2.24, 2.45) is 4.99 Å². The lowest BCUT2D eigenvalue weighted by Crippen LogP contribution is -2.40. The molecule has 0 saturated carbocycles. The summed E-state index contributed by atoms with van der Waals surface area (Å²) < 4.78 is 24.1. The SMILES string of the molecule is CCOC(=O)C1=C(C)N=c2s/c(=C\c3ccc(-c4ccccc4C(=O)O)o3)c(=O)n2C1c1cc(OC)ccc1OC. The lowest BCUT2D eigenvalue weighted by Gasteiger charge is -2.26. The van der Waals surface area contributed by atoms with Crippen LogP contribution in [0.15, 0.2) is 80.1 Å². The third-order valence-corrected chi connectivity index (χ3v) is 7.55. The topological polar surface area (TPSA) is 130 Å². The fraction of sp³-hybridized carbons (Fsp3) is 0.200. The van der Waals surface area contributed by atoms with E-state index in [1.807, 2.05) is 0 Å². The van der Waals surface area contributed by atoms with Gasteiger partial charge < -0.3 is 23.7 Å². The summed E-state index contributed by atoms with van der Waals surface area (Å²) in [6.07, 6.45) is 1.57. The number of hydrogen-bond acceptors (Lipinski definition) is 9. The van der Waals surface area contributed by atoms with Gasteiger partial charge in [0, 0.05) is 17.2 Å². The predicted octanol–water partition coefficient (Wildman–Crippen LogP) is 3.77. The highest BCUT2D eigenvalue weighted by atomic mass is 32.1. The standard InChI is InChI=1S/C30H26N2O8S/c1-5-39-29(36)25-16(2)31-30-32(26(25)21-14-17(37-3)10-12-22(21)38-4)27(33)24(41-30)15-18-11-13-23(40-18)19-8-6-7-9-20(19)28(34)35/h6-15,26H,5H2,1-4H3,(H,34,35)/b24-15-. The number of furan rings is 1. The first-order valence-corrected chi connectivity index (χ1v) is 13.4. The van der Waals surface area contributed by atoms with Crippen LogP contribution >= 0.6 is 11.3 Å². The number of carbonyl (C=O) groups is 2. The molecule has 0 amide bonds. The molecule has 2 aromatic heterocycles. The second-order valence-electron chi connectivity index (χ2n) is 8.96. The van der Waals surface area contributed by atoms with Crippen molar-refractivity contribution in [2.75, 3.05) is 20.8 Å². The minimum Gasteiger partial charge on any atom is -0.497 e. The van der Waals surface area contributed by atoms with E-state index in [1.54, 1.807) is 68.5 Å². The monoisotopic (exact) mass is 574 g/mol. The highest BCUT2D eigenvalue weighted by Gasteiger charge is 2.35. The number of hydrogen-bond donors (Lipinski definition) is 1. The number of fused-ring (bicyclic) bond motifs is 1. The van der Waals surface area contributed by atoms with Crippen molar-refractivity contribution in [1.82, 2.24) is 4.57 Å². The summed E-state index contributed by atoms with van der Waals surface area (Å²) in [6, 6.07) is 14.1. The Kier molecular flexibility index (Phi) is 7.62. The van der Waals surface area contributed by atoms with Gasteiger partial charge in [0.2, 0.25) is 0 Å². The zero-order valence-electron chi connectivity index (χ0n) is 22.7. The highest BCUT2D eigenvalue weighted by Crippen LogP contribution is 2.38. The van der Waals surface area contributed by atoms with Crippen molar-refractivity contribution in [3.8, 4) is 22.8 Å². The first-order chi connectivity index (χ1) is 19.8. The zero-order valence-corrected chi connectivity index (χ0v) is 23.5. The van der Waals surface area contributed by atoms with Gasteiger partial charge in [-0.25, -0.2) is 14.6 Å². The van der Waals surface area contributed by atoms with Gasteiger partial charge in [-0.2, -0.15) is 0 Å². The molecule has 0 saturated heterocycles. The summed E-state index contributed by atoms with van der Waals surface area (Å²) in [5.41, 5.74) is 1.27. The van der Waals surface area contributed by atoms with Crippen LogP contribution in [0.5, 0.6) is 11.5 Å². The first kappa shape index (κ1) is 27.7. The zero-order chi connectivity index (χ0) is 29.3. The first-order valence-electron chi connectivity index (χ1n) is 12.6. The van der Waals surface area contributed by atoms with Crippen molar-refractivity contribution in [1.29, 1.82) is 0 Å². The number of thiazole rings is 1. The highest BCUT2D eigenvalue weighted by molar-refractivity contribution is 7.07. The quantitative estimate of drug-likeness (QED) is 0.315. The maximum absolute atomic E-state index is 13.9. The van der Waals surface area contributed by atoms with Crippen molar-refractivity contribution < 1.29 is 33.3 Å². The van der Waals surface area contributed by atoms with E-state index in [2.05, 4.69) is 4.99 Å². The number of allylic oxidation sites excluding steroid dienone is 1. The maximum atomic E-state index is 13.9. The van der Waals surface area contributed by atoms with Gasteiger partial charge in [-0.3, -0.25) is 9.36 Å². The average Bonchev–Trinajstić information content (AvgIpc) is 3.56. The minimum atomic E-state index is -1.08. The molecule has 1 unspecified atom stereocenters. The van der Waals surface area contributed by atoms with Gasteiger partial charge in [-0.1, -0.05) is 29.5 Å². The molecule has 0 spiro atoms.